The lowest BCUT2D eigenvalue weighted by molar-refractivity contribution is 0.0946. The normalized spacial score (nSPS) is 13.2. The number of aromatic nitrogens is 2. The highest BCUT2D eigenvalue weighted by atomic mass is 32.2. The first kappa shape index (κ1) is 19.4. The minimum Gasteiger partial charge on any atom is -0.358 e. The van der Waals surface area contributed by atoms with Crippen molar-refractivity contribution < 1.29 is 4.79 Å². The highest BCUT2D eigenvalue weighted by molar-refractivity contribution is 7.99. The van der Waals surface area contributed by atoms with Gasteiger partial charge in [-0.25, -0.2) is 0 Å². The van der Waals surface area contributed by atoms with Crippen molar-refractivity contribution in [3.05, 3.63) is 102 Å². The van der Waals surface area contributed by atoms with Crippen LogP contribution in [0.1, 0.15) is 27.3 Å². The lowest BCUT2D eigenvalue weighted by Crippen LogP contribution is -2.31. The Labute approximate surface area is 185 Å². The number of hydrogen-bond donors (Lipinski definition) is 2. The molecule has 0 radical (unpaired) electrons. The van der Waals surface area contributed by atoms with Crippen LogP contribution in [0.5, 0.6) is 0 Å². The highest BCUT2D eigenvalue weighted by Crippen LogP contribution is 2.31. The molecule has 1 aliphatic heterocycles. The van der Waals surface area contributed by atoms with Gasteiger partial charge >= 0.3 is 0 Å². The SMILES string of the molecule is O=C1NCCc2[nH]c(-c3ccnc(C=Cc4ccccc4Sc4ccccc4)c3)cc21. The number of H-pyrrole nitrogens is 1. The second kappa shape index (κ2) is 8.66. The average molecular weight is 424 g/mol. The molecule has 0 aliphatic carbocycles. The Morgan fingerprint density at radius 3 is 2.65 bits per heavy atom. The molecule has 3 heterocycles. The number of rotatable bonds is 5. The number of carbonyl (C=O) groups excluding carboxylic acids is 1. The second-order valence-electron chi connectivity index (χ2n) is 7.34. The van der Waals surface area contributed by atoms with E-state index in [0.29, 0.717) is 6.54 Å². The van der Waals surface area contributed by atoms with Gasteiger partial charge in [0.15, 0.2) is 0 Å². The maximum atomic E-state index is 12.1. The third kappa shape index (κ3) is 4.32. The Morgan fingerprint density at radius 2 is 1.77 bits per heavy atom. The largest absolute Gasteiger partial charge is 0.358 e. The van der Waals surface area contributed by atoms with E-state index in [-0.39, 0.29) is 5.91 Å². The zero-order valence-corrected chi connectivity index (χ0v) is 17.7. The number of carbonyl (C=O) groups is 1. The Bertz CT molecular complexity index is 1260. The van der Waals surface area contributed by atoms with Crippen molar-refractivity contribution in [1.29, 1.82) is 0 Å². The number of hydrogen-bond acceptors (Lipinski definition) is 3. The molecule has 0 atom stereocenters. The first-order valence-corrected chi connectivity index (χ1v) is 11.0. The summed E-state index contributed by atoms with van der Waals surface area (Å²) in [6, 6.07) is 24.7. The monoisotopic (exact) mass is 423 g/mol. The number of aromatic amines is 1. The van der Waals surface area contributed by atoms with Crippen molar-refractivity contribution >= 4 is 29.8 Å². The lowest BCUT2D eigenvalue weighted by atomic mass is 10.1. The Hall–Kier alpha value is -3.57. The maximum Gasteiger partial charge on any atom is 0.253 e. The number of fused-ring (bicyclic) bond motifs is 1. The molecule has 2 aromatic heterocycles. The van der Waals surface area contributed by atoms with Crippen LogP contribution in [-0.4, -0.2) is 22.4 Å². The molecule has 5 heteroatoms. The molecular formula is C26H21N3OS. The van der Waals surface area contributed by atoms with Gasteiger partial charge in [0.1, 0.15) is 0 Å². The summed E-state index contributed by atoms with van der Waals surface area (Å²) >= 11 is 1.75. The Morgan fingerprint density at radius 1 is 0.935 bits per heavy atom. The number of pyridine rings is 1. The van der Waals surface area contributed by atoms with Crippen molar-refractivity contribution in [2.75, 3.05) is 6.54 Å². The molecule has 0 spiro atoms. The average Bonchev–Trinajstić information content (AvgIpc) is 3.25. The number of benzene rings is 2. The van der Waals surface area contributed by atoms with E-state index in [1.807, 2.05) is 36.4 Å². The minimum absolute atomic E-state index is 0.00884. The molecule has 4 aromatic rings. The predicted octanol–water partition coefficient (Wildman–Crippen LogP) is 5.68. The molecule has 0 bridgehead atoms. The summed E-state index contributed by atoms with van der Waals surface area (Å²) in [5.74, 6) is -0.00884. The van der Waals surface area contributed by atoms with Crippen LogP contribution in [0.2, 0.25) is 0 Å². The first-order valence-electron chi connectivity index (χ1n) is 10.2. The van der Waals surface area contributed by atoms with Crippen molar-refractivity contribution in [3.8, 4) is 11.3 Å². The summed E-state index contributed by atoms with van der Waals surface area (Å²) in [7, 11) is 0. The van der Waals surface area contributed by atoms with E-state index in [4.69, 9.17) is 0 Å². The van der Waals surface area contributed by atoms with E-state index in [9.17, 15) is 4.79 Å². The van der Waals surface area contributed by atoms with Crippen LogP contribution in [0.3, 0.4) is 0 Å². The van der Waals surface area contributed by atoms with Crippen LogP contribution in [0.25, 0.3) is 23.4 Å². The zero-order chi connectivity index (χ0) is 21.0. The standard InChI is InChI=1S/C26H21N3OS/c30-26-22-17-24(29-23(22)13-15-28-26)19-12-14-27-20(16-19)11-10-18-6-4-5-9-25(18)31-21-7-2-1-3-8-21/h1-12,14,16-17,29H,13,15H2,(H,28,30). The molecular weight excluding hydrogens is 402 g/mol. The number of nitrogens with zero attached hydrogens (tertiary/aromatic N) is 1. The molecule has 2 aromatic carbocycles. The molecule has 2 N–H and O–H groups in total. The van der Waals surface area contributed by atoms with E-state index in [1.165, 1.54) is 9.79 Å². The summed E-state index contributed by atoms with van der Waals surface area (Å²) in [6.45, 7) is 0.677. The van der Waals surface area contributed by atoms with Gasteiger partial charge in [0.25, 0.3) is 5.91 Å². The van der Waals surface area contributed by atoms with Crippen LogP contribution >= 0.6 is 11.8 Å². The van der Waals surface area contributed by atoms with Gasteiger partial charge in [-0.15, -0.1) is 0 Å². The summed E-state index contributed by atoms with van der Waals surface area (Å²) in [5, 5.41) is 2.89. The van der Waals surface area contributed by atoms with Crippen LogP contribution in [-0.2, 0) is 6.42 Å². The summed E-state index contributed by atoms with van der Waals surface area (Å²) in [4.78, 5) is 22.4. The Kier molecular flexibility index (Phi) is 5.42. The predicted molar refractivity (Wildman–Crippen MR) is 126 cm³/mol. The van der Waals surface area contributed by atoms with E-state index < -0.39 is 0 Å². The molecule has 0 unspecified atom stereocenters. The van der Waals surface area contributed by atoms with E-state index in [1.54, 1.807) is 18.0 Å². The fourth-order valence-corrected chi connectivity index (χ4v) is 4.61. The molecule has 152 valence electrons. The Balaban J connectivity index is 1.40. The molecule has 0 saturated heterocycles. The molecule has 1 aliphatic rings. The van der Waals surface area contributed by atoms with Gasteiger partial charge < -0.3 is 10.3 Å². The molecule has 1 amide bonds. The van der Waals surface area contributed by atoms with Crippen LogP contribution in [0.4, 0.5) is 0 Å². The van der Waals surface area contributed by atoms with Gasteiger partial charge in [-0.2, -0.15) is 0 Å². The fourth-order valence-electron chi connectivity index (χ4n) is 3.66. The third-order valence-corrected chi connectivity index (χ3v) is 6.32. The van der Waals surface area contributed by atoms with Crippen LogP contribution in [0, 0.1) is 0 Å². The number of amides is 1. The van der Waals surface area contributed by atoms with Gasteiger partial charge in [-0.3, -0.25) is 9.78 Å². The smallest absolute Gasteiger partial charge is 0.253 e. The lowest BCUT2D eigenvalue weighted by Gasteiger charge is -2.10. The highest BCUT2D eigenvalue weighted by Gasteiger charge is 2.19. The van der Waals surface area contributed by atoms with Crippen molar-refractivity contribution in [1.82, 2.24) is 15.3 Å². The zero-order valence-electron chi connectivity index (χ0n) is 16.8. The van der Waals surface area contributed by atoms with Crippen LogP contribution in [0.15, 0.2) is 88.8 Å². The first-order chi connectivity index (χ1) is 15.3. The van der Waals surface area contributed by atoms with Crippen molar-refractivity contribution in [3.63, 3.8) is 0 Å². The summed E-state index contributed by atoms with van der Waals surface area (Å²) in [6.07, 6.45) is 6.77. The topological polar surface area (TPSA) is 57.8 Å². The van der Waals surface area contributed by atoms with Gasteiger partial charge in [0.05, 0.1) is 11.3 Å². The number of nitrogens with one attached hydrogen (secondary N) is 2. The third-order valence-electron chi connectivity index (χ3n) is 5.22. The maximum absolute atomic E-state index is 12.1. The summed E-state index contributed by atoms with van der Waals surface area (Å²) in [5.41, 5.74) is 5.72. The van der Waals surface area contributed by atoms with Crippen LogP contribution < -0.4 is 5.32 Å². The fraction of sp³-hybridized carbons (Fsp3) is 0.0769. The van der Waals surface area contributed by atoms with Gasteiger partial charge in [-0.1, -0.05) is 54.2 Å². The molecule has 0 fully saturated rings. The molecule has 0 saturated carbocycles. The minimum atomic E-state index is -0.00884. The quantitative estimate of drug-likeness (QED) is 0.434. The summed E-state index contributed by atoms with van der Waals surface area (Å²) < 4.78 is 0. The van der Waals surface area contributed by atoms with E-state index in [0.717, 1.165) is 40.2 Å². The molecule has 31 heavy (non-hydrogen) atoms. The second-order valence-corrected chi connectivity index (χ2v) is 8.45. The molecule has 4 nitrogen and oxygen atoms in total. The van der Waals surface area contributed by atoms with E-state index in [2.05, 4.69) is 63.8 Å². The van der Waals surface area contributed by atoms with Crippen molar-refractivity contribution in [2.45, 2.75) is 16.2 Å². The van der Waals surface area contributed by atoms with Gasteiger partial charge in [0, 0.05) is 45.9 Å². The van der Waals surface area contributed by atoms with E-state index >= 15 is 0 Å². The molecule has 5 rings (SSSR count). The van der Waals surface area contributed by atoms with Gasteiger partial charge in [0.2, 0.25) is 0 Å². The van der Waals surface area contributed by atoms with Crippen molar-refractivity contribution in [2.24, 2.45) is 0 Å². The van der Waals surface area contributed by atoms with Gasteiger partial charge in [-0.05, 0) is 48.0 Å².